The molecule has 164 valence electrons. The van der Waals surface area contributed by atoms with E-state index >= 15 is 0 Å². The van der Waals surface area contributed by atoms with Gasteiger partial charge in [0.25, 0.3) is 0 Å². The number of allylic oxidation sites excluding steroid dienone is 1. The largest absolute Gasteiger partial charge is 0.489 e. The number of hydrogen-bond donors (Lipinski definition) is 3. The zero-order valence-electron chi connectivity index (χ0n) is 17.5. The van der Waals surface area contributed by atoms with Crippen molar-refractivity contribution in [1.82, 2.24) is 5.32 Å². The summed E-state index contributed by atoms with van der Waals surface area (Å²) in [6.07, 6.45) is 3.03. The average molecular weight is 458 g/mol. The number of carbonyl (C=O) groups is 1. The molecule has 33 heavy (non-hydrogen) atoms. The molecule has 3 aromatic carbocycles. The number of aliphatic carboxylic acids is 1. The Kier molecular flexibility index (Phi) is 6.66. The van der Waals surface area contributed by atoms with E-state index in [1.165, 1.54) is 6.08 Å². The third-order valence-corrected chi connectivity index (χ3v) is 5.07. The van der Waals surface area contributed by atoms with Crippen LogP contribution in [0.2, 0.25) is 5.02 Å². The van der Waals surface area contributed by atoms with Crippen molar-refractivity contribution in [1.29, 1.82) is 5.41 Å². The molecular weight excluding hydrogens is 438 g/mol. The summed E-state index contributed by atoms with van der Waals surface area (Å²) in [4.78, 5) is 15.6. The quantitative estimate of drug-likeness (QED) is 0.419. The van der Waals surface area contributed by atoms with E-state index < -0.39 is 11.7 Å². The standard InChI is InChI=1S/C26H20ClN3O3/c27-20-8-4-7-19(13-20)24-15-23(29-25(30-24)14-22(28)26(31)32)18-9-11-21(12-10-18)33-16-17-5-2-1-3-6-17/h1-15,28,30H,16H2,(H,31,32)/b25-14-,28-22?. The maximum absolute atomic E-state index is 11.1. The van der Waals surface area contributed by atoms with Crippen molar-refractivity contribution in [3.63, 3.8) is 0 Å². The molecule has 3 N–H and O–H groups in total. The van der Waals surface area contributed by atoms with Crippen molar-refractivity contribution in [3.05, 3.63) is 119 Å². The number of hydrogen-bond acceptors (Lipinski definition) is 5. The number of ether oxygens (including phenoxy) is 1. The molecular formula is C26H20ClN3O3. The maximum Gasteiger partial charge on any atom is 0.353 e. The smallest absolute Gasteiger partial charge is 0.353 e. The van der Waals surface area contributed by atoms with E-state index in [0.29, 0.717) is 23.0 Å². The molecule has 0 aliphatic carbocycles. The summed E-state index contributed by atoms with van der Waals surface area (Å²) in [6.45, 7) is 0.466. The van der Waals surface area contributed by atoms with Gasteiger partial charge in [-0.2, -0.15) is 0 Å². The van der Waals surface area contributed by atoms with E-state index in [0.717, 1.165) is 22.4 Å². The Morgan fingerprint density at radius 2 is 1.79 bits per heavy atom. The molecule has 7 heteroatoms. The Labute approximate surface area is 196 Å². The van der Waals surface area contributed by atoms with E-state index in [1.54, 1.807) is 12.1 Å². The molecule has 1 aliphatic rings. The highest BCUT2D eigenvalue weighted by molar-refractivity contribution is 6.39. The minimum Gasteiger partial charge on any atom is -0.489 e. The summed E-state index contributed by atoms with van der Waals surface area (Å²) >= 11 is 6.15. The van der Waals surface area contributed by atoms with Crippen molar-refractivity contribution in [2.24, 2.45) is 4.99 Å². The molecule has 0 amide bonds. The highest BCUT2D eigenvalue weighted by Gasteiger charge is 2.16. The van der Waals surface area contributed by atoms with Crippen LogP contribution in [-0.2, 0) is 11.4 Å². The van der Waals surface area contributed by atoms with Gasteiger partial charge in [0.05, 0.1) is 5.71 Å². The van der Waals surface area contributed by atoms with Gasteiger partial charge in [0, 0.05) is 22.4 Å². The van der Waals surface area contributed by atoms with Gasteiger partial charge in [-0.1, -0.05) is 54.1 Å². The average Bonchev–Trinajstić information content (AvgIpc) is 2.83. The molecule has 0 fully saturated rings. The van der Waals surface area contributed by atoms with Crippen LogP contribution >= 0.6 is 11.6 Å². The summed E-state index contributed by atoms with van der Waals surface area (Å²) in [5.74, 6) is -0.362. The Morgan fingerprint density at radius 3 is 2.48 bits per heavy atom. The Morgan fingerprint density at radius 1 is 1.03 bits per heavy atom. The lowest BCUT2D eigenvalue weighted by molar-refractivity contribution is -0.129. The number of aliphatic imine (C=N–C) groups is 1. The van der Waals surface area contributed by atoms with Gasteiger partial charge in [-0.25, -0.2) is 9.79 Å². The monoisotopic (exact) mass is 457 g/mol. The van der Waals surface area contributed by atoms with Gasteiger partial charge < -0.3 is 15.2 Å². The van der Waals surface area contributed by atoms with Crippen LogP contribution in [0, 0.1) is 5.41 Å². The van der Waals surface area contributed by atoms with Gasteiger partial charge >= 0.3 is 5.97 Å². The summed E-state index contributed by atoms with van der Waals surface area (Å²) in [5.41, 5.74) is 3.44. The van der Waals surface area contributed by atoms with Crippen LogP contribution in [0.4, 0.5) is 0 Å². The Balaban J connectivity index is 1.61. The Hall–Kier alpha value is -4.16. The predicted octanol–water partition coefficient (Wildman–Crippen LogP) is 5.30. The van der Waals surface area contributed by atoms with Crippen LogP contribution in [0.1, 0.15) is 16.7 Å². The highest BCUT2D eigenvalue weighted by atomic mass is 35.5. The zero-order valence-corrected chi connectivity index (χ0v) is 18.2. The number of benzene rings is 3. The highest BCUT2D eigenvalue weighted by Crippen LogP contribution is 2.24. The third-order valence-electron chi connectivity index (χ3n) is 4.83. The number of carboxylic acids is 1. The minimum absolute atomic E-state index is 0.249. The van der Waals surface area contributed by atoms with Gasteiger partial charge in [0.15, 0.2) is 0 Å². The van der Waals surface area contributed by atoms with Gasteiger partial charge in [-0.15, -0.1) is 0 Å². The van der Waals surface area contributed by atoms with E-state index in [2.05, 4.69) is 10.3 Å². The van der Waals surface area contributed by atoms with Crippen molar-refractivity contribution in [2.75, 3.05) is 0 Å². The van der Waals surface area contributed by atoms with Gasteiger partial charge in [0.1, 0.15) is 23.9 Å². The van der Waals surface area contributed by atoms with Gasteiger partial charge in [-0.3, -0.25) is 5.41 Å². The zero-order chi connectivity index (χ0) is 23.2. The number of halogens is 1. The minimum atomic E-state index is -1.33. The Bertz CT molecular complexity index is 1280. The van der Waals surface area contributed by atoms with Crippen LogP contribution in [-0.4, -0.2) is 22.5 Å². The summed E-state index contributed by atoms with van der Waals surface area (Å²) in [6, 6.07) is 24.7. The molecule has 0 atom stereocenters. The fourth-order valence-corrected chi connectivity index (χ4v) is 3.38. The molecule has 4 rings (SSSR count). The lowest BCUT2D eigenvalue weighted by Crippen LogP contribution is -2.21. The number of carboxylic acid groups (broad SMARTS) is 1. The van der Waals surface area contributed by atoms with Crippen LogP contribution in [0.15, 0.2) is 102 Å². The molecule has 0 unspecified atom stereocenters. The van der Waals surface area contributed by atoms with E-state index in [-0.39, 0.29) is 5.82 Å². The topological polar surface area (TPSA) is 94.8 Å². The molecule has 6 nitrogen and oxygen atoms in total. The summed E-state index contributed by atoms with van der Waals surface area (Å²) < 4.78 is 5.85. The molecule has 0 saturated carbocycles. The lowest BCUT2D eigenvalue weighted by atomic mass is 10.0. The molecule has 1 aliphatic heterocycles. The first-order chi connectivity index (χ1) is 16.0. The van der Waals surface area contributed by atoms with Crippen molar-refractivity contribution in [2.45, 2.75) is 6.61 Å². The normalized spacial score (nSPS) is 14.2. The molecule has 0 spiro atoms. The molecule has 0 radical (unpaired) electrons. The molecule has 0 bridgehead atoms. The van der Waals surface area contributed by atoms with Gasteiger partial charge in [-0.05, 0) is 53.6 Å². The van der Waals surface area contributed by atoms with Crippen molar-refractivity contribution < 1.29 is 14.6 Å². The van der Waals surface area contributed by atoms with E-state index in [4.69, 9.17) is 26.9 Å². The SMILES string of the molecule is N=C(/C=C1/N=C(c2ccc(OCc3ccccc3)cc2)C=C(c2cccc(Cl)c2)N1)C(=O)O. The second-order valence-electron chi connectivity index (χ2n) is 7.24. The molecule has 0 saturated heterocycles. The second kappa shape index (κ2) is 9.97. The third kappa shape index (κ3) is 5.75. The van der Waals surface area contributed by atoms with Crippen molar-refractivity contribution >= 4 is 34.7 Å². The van der Waals surface area contributed by atoms with Crippen LogP contribution < -0.4 is 10.1 Å². The summed E-state index contributed by atoms with van der Waals surface area (Å²) in [5, 5.41) is 20.4. The number of nitrogens with zero attached hydrogens (tertiary/aromatic N) is 1. The second-order valence-corrected chi connectivity index (χ2v) is 7.67. The molecule has 3 aromatic rings. The molecule has 1 heterocycles. The van der Waals surface area contributed by atoms with E-state index in [9.17, 15) is 4.79 Å². The van der Waals surface area contributed by atoms with E-state index in [1.807, 2.05) is 72.8 Å². The number of nitrogens with one attached hydrogen (secondary N) is 2. The lowest BCUT2D eigenvalue weighted by Gasteiger charge is -2.19. The van der Waals surface area contributed by atoms with Crippen molar-refractivity contribution in [3.8, 4) is 5.75 Å². The first-order valence-corrected chi connectivity index (χ1v) is 10.5. The first-order valence-electron chi connectivity index (χ1n) is 10.1. The van der Waals surface area contributed by atoms with Crippen LogP contribution in [0.3, 0.4) is 0 Å². The predicted molar refractivity (Wildman–Crippen MR) is 130 cm³/mol. The molecule has 0 aromatic heterocycles. The van der Waals surface area contributed by atoms with Crippen LogP contribution in [0.25, 0.3) is 5.70 Å². The van der Waals surface area contributed by atoms with Crippen LogP contribution in [0.5, 0.6) is 5.75 Å². The van der Waals surface area contributed by atoms with Gasteiger partial charge in [0.2, 0.25) is 0 Å². The fraction of sp³-hybridized carbons (Fsp3) is 0.0385. The fourth-order valence-electron chi connectivity index (χ4n) is 3.19. The number of rotatable bonds is 7. The summed E-state index contributed by atoms with van der Waals surface area (Å²) in [7, 11) is 0. The maximum atomic E-state index is 11.1. The first kappa shape index (κ1) is 22.0.